The first-order valence-electron chi connectivity index (χ1n) is 11.2. The predicted octanol–water partition coefficient (Wildman–Crippen LogP) is 9.02. The third-order valence-corrected chi connectivity index (χ3v) is 8.34. The molecule has 3 unspecified atom stereocenters. The number of rotatable bonds is 2. The molecule has 0 spiro atoms. The van der Waals surface area contributed by atoms with Crippen LogP contribution in [0.1, 0.15) is 33.6 Å². The number of hydrogen-bond acceptors (Lipinski definition) is 3. The van der Waals surface area contributed by atoms with Crippen molar-refractivity contribution in [3.05, 3.63) is 123 Å². The van der Waals surface area contributed by atoms with Crippen LogP contribution in [0.2, 0.25) is 10.0 Å². The summed E-state index contributed by atoms with van der Waals surface area (Å²) < 4.78 is 6.72. The lowest BCUT2D eigenvalue weighted by atomic mass is 9.80. The van der Waals surface area contributed by atoms with Gasteiger partial charge in [0.15, 0.2) is 0 Å². The van der Waals surface area contributed by atoms with Crippen LogP contribution in [0.5, 0.6) is 5.75 Å². The minimum absolute atomic E-state index is 0.0230. The molecule has 3 atom stereocenters. The third kappa shape index (κ3) is 3.82. The topological polar surface area (TPSA) is 21.6 Å². The van der Waals surface area contributed by atoms with Crippen molar-refractivity contribution in [1.82, 2.24) is 0 Å². The Morgan fingerprint density at radius 3 is 2.47 bits per heavy atom. The Bertz CT molecular complexity index is 1420. The van der Waals surface area contributed by atoms with Gasteiger partial charge in [-0.3, -0.25) is 4.99 Å². The van der Waals surface area contributed by atoms with Crippen LogP contribution < -0.4 is 4.74 Å². The quantitative estimate of drug-likeness (QED) is 0.273. The van der Waals surface area contributed by atoms with Crippen molar-refractivity contribution >= 4 is 46.4 Å². The van der Waals surface area contributed by atoms with Crippen LogP contribution in [-0.4, -0.2) is 5.71 Å². The highest BCUT2D eigenvalue weighted by Crippen LogP contribution is 2.56. The molecular weight excluding hydrogens is 481 g/mol. The van der Waals surface area contributed by atoms with Gasteiger partial charge in [0.1, 0.15) is 11.9 Å². The van der Waals surface area contributed by atoms with Gasteiger partial charge in [-0.15, -0.1) is 11.8 Å². The fourth-order valence-electron chi connectivity index (χ4n) is 4.81. The first-order valence-corrected chi connectivity index (χ1v) is 12.8. The summed E-state index contributed by atoms with van der Waals surface area (Å²) in [6.45, 7) is 2.11. The van der Waals surface area contributed by atoms with E-state index in [0.717, 1.165) is 38.7 Å². The highest BCUT2D eigenvalue weighted by atomic mass is 35.5. The van der Waals surface area contributed by atoms with Gasteiger partial charge >= 0.3 is 0 Å². The summed E-state index contributed by atoms with van der Waals surface area (Å²) in [7, 11) is 0. The van der Waals surface area contributed by atoms with Gasteiger partial charge in [-0.05, 0) is 60.0 Å². The first-order chi connectivity index (χ1) is 16.6. The molecule has 6 rings (SSSR count). The van der Waals surface area contributed by atoms with Crippen LogP contribution in [-0.2, 0) is 0 Å². The van der Waals surface area contributed by atoms with Crippen molar-refractivity contribution in [2.45, 2.75) is 23.2 Å². The van der Waals surface area contributed by atoms with E-state index in [4.69, 9.17) is 32.9 Å². The number of fused-ring (bicyclic) bond motifs is 4. The summed E-state index contributed by atoms with van der Waals surface area (Å²) in [5.74, 6) is 0.793. The highest BCUT2D eigenvalue weighted by molar-refractivity contribution is 7.99. The van der Waals surface area contributed by atoms with Gasteiger partial charge in [0.05, 0.1) is 17.3 Å². The van der Waals surface area contributed by atoms with Crippen LogP contribution in [0.15, 0.2) is 101 Å². The zero-order valence-electron chi connectivity index (χ0n) is 18.4. The van der Waals surface area contributed by atoms with Crippen molar-refractivity contribution in [3.63, 3.8) is 0 Å². The average Bonchev–Trinajstić information content (AvgIpc) is 3.01. The third-order valence-electron chi connectivity index (χ3n) is 6.39. The van der Waals surface area contributed by atoms with Crippen LogP contribution in [0.25, 0.3) is 0 Å². The van der Waals surface area contributed by atoms with Gasteiger partial charge in [0.2, 0.25) is 0 Å². The molecule has 0 radical (unpaired) electrons. The molecule has 34 heavy (non-hydrogen) atoms. The Morgan fingerprint density at radius 2 is 1.65 bits per heavy atom. The maximum absolute atomic E-state index is 6.82. The largest absolute Gasteiger partial charge is 0.484 e. The number of thioether (sulfide) groups is 1. The standard InChI is InChI=1S/C29H21Cl2NOS/c1-17-11-14-23-25(15-17)34-29(20-13-12-19(30)16-22(20)31)26-27(32-23)21-9-5-6-10-24(21)33-28(26)18-7-3-2-4-8-18/h2-16,26,28-29H,1H3. The van der Waals surface area contributed by atoms with E-state index in [0.29, 0.717) is 10.0 Å². The maximum Gasteiger partial charge on any atom is 0.134 e. The van der Waals surface area contributed by atoms with Crippen LogP contribution in [0, 0.1) is 12.8 Å². The highest BCUT2D eigenvalue weighted by Gasteiger charge is 2.44. The van der Waals surface area contributed by atoms with Crippen molar-refractivity contribution in [1.29, 1.82) is 0 Å². The van der Waals surface area contributed by atoms with Gasteiger partial charge in [-0.1, -0.05) is 77.8 Å². The van der Waals surface area contributed by atoms with Crippen LogP contribution in [0.4, 0.5) is 5.69 Å². The lowest BCUT2D eigenvalue weighted by molar-refractivity contribution is 0.156. The number of benzene rings is 4. The minimum Gasteiger partial charge on any atom is -0.484 e. The minimum atomic E-state index is -0.213. The molecule has 2 heterocycles. The SMILES string of the molecule is Cc1ccc2c(c1)SC(c1ccc(Cl)cc1Cl)C1C(=N2)c2ccccc2OC1c1ccccc1. The summed E-state index contributed by atoms with van der Waals surface area (Å²) in [6, 6.07) is 30.8. The van der Waals surface area contributed by atoms with Gasteiger partial charge in [0.25, 0.3) is 0 Å². The van der Waals surface area contributed by atoms with E-state index in [1.807, 2.05) is 42.5 Å². The molecule has 5 heteroatoms. The Kier molecular flexibility index (Phi) is 5.65. The number of aliphatic imine (C=N–C) groups is 1. The zero-order chi connectivity index (χ0) is 23.2. The number of para-hydroxylation sites is 1. The molecule has 0 saturated carbocycles. The first kappa shape index (κ1) is 21.8. The number of nitrogens with zero attached hydrogens (tertiary/aromatic N) is 1. The van der Waals surface area contributed by atoms with E-state index < -0.39 is 0 Å². The number of hydrogen-bond donors (Lipinski definition) is 0. The molecule has 4 aromatic carbocycles. The van der Waals surface area contributed by atoms with Crippen molar-refractivity contribution in [2.24, 2.45) is 10.9 Å². The van der Waals surface area contributed by atoms with Crippen molar-refractivity contribution in [3.8, 4) is 5.75 Å². The summed E-state index contributed by atoms with van der Waals surface area (Å²) in [5.41, 5.74) is 6.39. The molecule has 4 aromatic rings. The van der Waals surface area contributed by atoms with E-state index in [1.165, 1.54) is 5.56 Å². The summed E-state index contributed by atoms with van der Waals surface area (Å²) in [6.07, 6.45) is -0.213. The summed E-state index contributed by atoms with van der Waals surface area (Å²) in [4.78, 5) is 6.43. The molecule has 2 aliphatic heterocycles. The number of aryl methyl sites for hydroxylation is 1. The molecule has 168 valence electrons. The molecule has 0 amide bonds. The second-order valence-electron chi connectivity index (χ2n) is 8.64. The predicted molar refractivity (Wildman–Crippen MR) is 142 cm³/mol. The summed E-state index contributed by atoms with van der Waals surface area (Å²) in [5, 5.41) is 1.26. The van der Waals surface area contributed by atoms with Crippen molar-refractivity contribution in [2.75, 3.05) is 0 Å². The molecule has 0 N–H and O–H groups in total. The van der Waals surface area contributed by atoms with Crippen molar-refractivity contribution < 1.29 is 4.74 Å². The van der Waals surface area contributed by atoms with E-state index in [-0.39, 0.29) is 17.3 Å². The Labute approximate surface area is 213 Å². The Morgan fingerprint density at radius 1 is 0.853 bits per heavy atom. The molecule has 2 aliphatic rings. The van der Waals surface area contributed by atoms with E-state index in [2.05, 4.69) is 55.5 Å². The fourth-order valence-corrected chi connectivity index (χ4v) is 6.91. The molecule has 0 bridgehead atoms. The second-order valence-corrected chi connectivity index (χ2v) is 10.7. The summed E-state index contributed by atoms with van der Waals surface area (Å²) >= 11 is 14.9. The monoisotopic (exact) mass is 501 g/mol. The maximum atomic E-state index is 6.82. The molecule has 0 aliphatic carbocycles. The van der Waals surface area contributed by atoms with Crippen LogP contribution in [0.3, 0.4) is 0 Å². The molecule has 0 saturated heterocycles. The number of ether oxygens (including phenoxy) is 1. The van der Waals surface area contributed by atoms with E-state index >= 15 is 0 Å². The average molecular weight is 502 g/mol. The van der Waals surface area contributed by atoms with Gasteiger partial charge in [-0.2, -0.15) is 0 Å². The van der Waals surface area contributed by atoms with Gasteiger partial charge in [-0.25, -0.2) is 0 Å². The van der Waals surface area contributed by atoms with Gasteiger partial charge in [0, 0.05) is 25.8 Å². The second kappa shape index (κ2) is 8.81. The van der Waals surface area contributed by atoms with E-state index in [9.17, 15) is 0 Å². The Hall–Kier alpha value is -2.72. The smallest absolute Gasteiger partial charge is 0.134 e. The molecule has 0 fully saturated rings. The fraction of sp³-hybridized carbons (Fsp3) is 0.138. The normalized spacial score (nSPS) is 20.8. The molecule has 0 aromatic heterocycles. The lowest BCUT2D eigenvalue weighted by Crippen LogP contribution is -2.35. The lowest BCUT2D eigenvalue weighted by Gasteiger charge is -2.38. The zero-order valence-corrected chi connectivity index (χ0v) is 20.7. The van der Waals surface area contributed by atoms with Crippen LogP contribution >= 0.6 is 35.0 Å². The Balaban J connectivity index is 1.63. The molecular formula is C29H21Cl2NOS. The van der Waals surface area contributed by atoms with Gasteiger partial charge < -0.3 is 4.74 Å². The molecule has 2 nitrogen and oxygen atoms in total. The van der Waals surface area contributed by atoms with E-state index in [1.54, 1.807) is 11.8 Å². The number of halogens is 2.